The Labute approximate surface area is 88.2 Å². The molecule has 0 bridgehead atoms. The van der Waals surface area contributed by atoms with Gasteiger partial charge in [0.2, 0.25) is 0 Å². The van der Waals surface area contributed by atoms with E-state index in [-0.39, 0.29) is 17.2 Å². The third-order valence-corrected chi connectivity index (χ3v) is 4.68. The van der Waals surface area contributed by atoms with Gasteiger partial charge in [0.25, 0.3) is 0 Å². The first-order valence-electron chi connectivity index (χ1n) is 4.63. The molecule has 15 heavy (non-hydrogen) atoms. The first-order chi connectivity index (χ1) is 7.12. The van der Waals surface area contributed by atoms with Crippen LogP contribution in [0.5, 0.6) is 0 Å². The Morgan fingerprint density at radius 3 is 2.93 bits per heavy atom. The van der Waals surface area contributed by atoms with Gasteiger partial charge in [0.1, 0.15) is 0 Å². The van der Waals surface area contributed by atoms with E-state index in [1.165, 1.54) is 18.5 Å². The molecule has 0 aliphatic carbocycles. The van der Waals surface area contributed by atoms with E-state index in [2.05, 4.69) is 4.98 Å². The molecule has 6 heteroatoms. The van der Waals surface area contributed by atoms with Gasteiger partial charge in [-0.15, -0.1) is 0 Å². The lowest BCUT2D eigenvalue weighted by molar-refractivity contribution is 0.198. The van der Waals surface area contributed by atoms with Crippen LogP contribution in [0.15, 0.2) is 23.4 Å². The molecular formula is C9H12N2O3S. The molecule has 1 saturated heterocycles. The van der Waals surface area contributed by atoms with Crippen molar-refractivity contribution in [3.8, 4) is 0 Å². The number of anilines is 1. The third kappa shape index (κ3) is 1.82. The van der Waals surface area contributed by atoms with E-state index in [9.17, 15) is 8.42 Å². The molecule has 1 aromatic rings. The molecule has 2 N–H and O–H groups in total. The molecule has 1 aromatic heterocycles. The summed E-state index contributed by atoms with van der Waals surface area (Å²) in [4.78, 5) is 3.92. The first kappa shape index (κ1) is 10.4. The summed E-state index contributed by atoms with van der Waals surface area (Å²) in [6.45, 7) is 0.749. The molecule has 0 radical (unpaired) electrons. The lowest BCUT2D eigenvalue weighted by atomic mass is 10.4. The maximum atomic E-state index is 12.1. The third-order valence-electron chi connectivity index (χ3n) is 2.44. The monoisotopic (exact) mass is 228 g/mol. The van der Waals surface area contributed by atoms with E-state index in [0.717, 1.165) is 0 Å². The van der Waals surface area contributed by atoms with E-state index in [4.69, 9.17) is 10.5 Å². The van der Waals surface area contributed by atoms with Gasteiger partial charge in [0, 0.05) is 12.8 Å². The van der Waals surface area contributed by atoms with Gasteiger partial charge in [-0.25, -0.2) is 8.42 Å². The zero-order chi connectivity index (χ0) is 10.9. The van der Waals surface area contributed by atoms with Crippen LogP contribution in [0.25, 0.3) is 0 Å². The SMILES string of the molecule is Nc1cnccc1S(=O)(=O)C1CCOC1. The number of hydrogen-bond donors (Lipinski definition) is 1. The number of ether oxygens (including phenoxy) is 1. The molecule has 82 valence electrons. The van der Waals surface area contributed by atoms with Crippen LogP contribution in [0.1, 0.15) is 6.42 Å². The van der Waals surface area contributed by atoms with Crippen LogP contribution in [-0.4, -0.2) is 31.9 Å². The van der Waals surface area contributed by atoms with E-state index in [0.29, 0.717) is 13.0 Å². The highest BCUT2D eigenvalue weighted by atomic mass is 32.2. The fraction of sp³-hybridized carbons (Fsp3) is 0.444. The summed E-state index contributed by atoms with van der Waals surface area (Å²) in [7, 11) is -3.36. The van der Waals surface area contributed by atoms with Gasteiger partial charge in [0.15, 0.2) is 9.84 Å². The smallest absolute Gasteiger partial charge is 0.185 e. The van der Waals surface area contributed by atoms with Crippen LogP contribution in [0.3, 0.4) is 0 Å². The van der Waals surface area contributed by atoms with Crippen LogP contribution < -0.4 is 5.73 Å². The van der Waals surface area contributed by atoms with Gasteiger partial charge >= 0.3 is 0 Å². The van der Waals surface area contributed by atoms with Crippen molar-refractivity contribution in [3.05, 3.63) is 18.5 Å². The predicted molar refractivity (Wildman–Crippen MR) is 55.1 cm³/mol. The highest BCUT2D eigenvalue weighted by molar-refractivity contribution is 7.92. The van der Waals surface area contributed by atoms with Crippen molar-refractivity contribution in [2.24, 2.45) is 0 Å². The fourth-order valence-electron chi connectivity index (χ4n) is 1.59. The molecule has 1 fully saturated rings. The molecule has 0 amide bonds. The van der Waals surface area contributed by atoms with Crippen LogP contribution in [0.4, 0.5) is 5.69 Å². The molecule has 5 nitrogen and oxygen atoms in total. The second kappa shape index (κ2) is 3.79. The van der Waals surface area contributed by atoms with Crippen molar-refractivity contribution in [1.29, 1.82) is 0 Å². The van der Waals surface area contributed by atoms with Gasteiger partial charge in [-0.1, -0.05) is 0 Å². The first-order valence-corrected chi connectivity index (χ1v) is 6.18. The lowest BCUT2D eigenvalue weighted by Gasteiger charge is -2.11. The summed E-state index contributed by atoms with van der Waals surface area (Å²) >= 11 is 0. The number of rotatable bonds is 2. The van der Waals surface area contributed by atoms with Crippen LogP contribution in [0.2, 0.25) is 0 Å². The van der Waals surface area contributed by atoms with Crippen molar-refractivity contribution in [1.82, 2.24) is 4.98 Å². The molecule has 1 aliphatic rings. The molecule has 2 heterocycles. The summed E-state index contributed by atoms with van der Waals surface area (Å²) in [5, 5.41) is -0.470. The van der Waals surface area contributed by atoms with Crippen LogP contribution in [-0.2, 0) is 14.6 Å². The summed E-state index contributed by atoms with van der Waals surface area (Å²) < 4.78 is 29.2. The minimum absolute atomic E-state index is 0.160. The van der Waals surface area contributed by atoms with Crippen molar-refractivity contribution >= 4 is 15.5 Å². The molecule has 1 atom stereocenters. The number of nitrogens with zero attached hydrogens (tertiary/aromatic N) is 1. The molecule has 0 aromatic carbocycles. The van der Waals surface area contributed by atoms with Crippen molar-refractivity contribution in [2.45, 2.75) is 16.6 Å². The van der Waals surface area contributed by atoms with E-state index in [1.54, 1.807) is 0 Å². The van der Waals surface area contributed by atoms with Crippen molar-refractivity contribution in [2.75, 3.05) is 18.9 Å². The highest BCUT2D eigenvalue weighted by Gasteiger charge is 2.32. The van der Waals surface area contributed by atoms with E-state index in [1.807, 2.05) is 0 Å². The zero-order valence-electron chi connectivity index (χ0n) is 8.09. The average Bonchev–Trinajstić information content (AvgIpc) is 2.71. The minimum Gasteiger partial charge on any atom is -0.396 e. The Kier molecular flexibility index (Phi) is 2.62. The van der Waals surface area contributed by atoms with Gasteiger partial charge < -0.3 is 10.5 Å². The molecule has 0 saturated carbocycles. The minimum atomic E-state index is -3.36. The number of nitrogen functional groups attached to an aromatic ring is 1. The second-order valence-electron chi connectivity index (χ2n) is 3.44. The molecule has 0 spiro atoms. The topological polar surface area (TPSA) is 82.3 Å². The van der Waals surface area contributed by atoms with Gasteiger partial charge in [-0.05, 0) is 12.5 Å². The number of aromatic nitrogens is 1. The largest absolute Gasteiger partial charge is 0.396 e. The maximum Gasteiger partial charge on any atom is 0.185 e. The van der Waals surface area contributed by atoms with Crippen LogP contribution in [0, 0.1) is 0 Å². The standard InChI is InChI=1S/C9H12N2O3S/c10-8-5-11-3-1-9(8)15(12,13)7-2-4-14-6-7/h1,3,5,7H,2,4,6,10H2. The summed E-state index contributed by atoms with van der Waals surface area (Å²) in [6, 6.07) is 1.43. The summed E-state index contributed by atoms with van der Waals surface area (Å²) in [5.74, 6) is 0. The highest BCUT2D eigenvalue weighted by Crippen LogP contribution is 2.25. The van der Waals surface area contributed by atoms with Crippen molar-refractivity contribution in [3.63, 3.8) is 0 Å². The average molecular weight is 228 g/mol. The molecular weight excluding hydrogens is 216 g/mol. The lowest BCUT2D eigenvalue weighted by Crippen LogP contribution is -2.22. The van der Waals surface area contributed by atoms with E-state index >= 15 is 0 Å². The predicted octanol–water partition coefficient (Wildman–Crippen LogP) is 0.226. The molecule has 1 unspecified atom stereocenters. The van der Waals surface area contributed by atoms with Gasteiger partial charge in [-0.2, -0.15) is 0 Å². The molecule has 1 aliphatic heterocycles. The Morgan fingerprint density at radius 1 is 1.53 bits per heavy atom. The number of pyridine rings is 1. The number of nitrogens with two attached hydrogens (primary N) is 1. The second-order valence-corrected chi connectivity index (χ2v) is 5.64. The van der Waals surface area contributed by atoms with Crippen molar-refractivity contribution < 1.29 is 13.2 Å². The summed E-state index contributed by atoms with van der Waals surface area (Å²) in [5.41, 5.74) is 5.79. The Bertz CT molecular complexity index is 452. The maximum absolute atomic E-state index is 12.1. The Balaban J connectivity index is 2.41. The summed E-state index contributed by atoms with van der Waals surface area (Å²) in [6.07, 6.45) is 3.31. The number of hydrogen-bond acceptors (Lipinski definition) is 5. The van der Waals surface area contributed by atoms with E-state index < -0.39 is 15.1 Å². The van der Waals surface area contributed by atoms with Gasteiger partial charge in [-0.3, -0.25) is 4.98 Å². The quantitative estimate of drug-likeness (QED) is 0.783. The normalized spacial score (nSPS) is 21.7. The Hall–Kier alpha value is -1.14. The molecule has 2 rings (SSSR count). The van der Waals surface area contributed by atoms with Gasteiger partial charge in [0.05, 0.1) is 28.6 Å². The zero-order valence-corrected chi connectivity index (χ0v) is 8.90. The fourth-order valence-corrected chi connectivity index (χ4v) is 3.26. The number of sulfone groups is 1. The van der Waals surface area contributed by atoms with Crippen LogP contribution >= 0.6 is 0 Å². The Morgan fingerprint density at radius 2 is 2.33 bits per heavy atom.